The first-order chi connectivity index (χ1) is 10.0. The number of rotatable bonds is 8. The zero-order chi connectivity index (χ0) is 15.7. The molecule has 0 saturated carbocycles. The molecule has 6 heteroatoms. The second-order valence-electron chi connectivity index (χ2n) is 4.88. The molecule has 0 aliphatic heterocycles. The molecule has 0 saturated heterocycles. The number of thioether (sulfide) groups is 1. The second kappa shape index (κ2) is 9.28. The van der Waals surface area contributed by atoms with Gasteiger partial charge in [0.05, 0.1) is 0 Å². The minimum absolute atomic E-state index is 0.0172. The van der Waals surface area contributed by atoms with E-state index in [1.165, 1.54) is 0 Å². The maximum Gasteiger partial charge on any atom is 0.326 e. The summed E-state index contributed by atoms with van der Waals surface area (Å²) in [6.07, 6.45) is 3.13. The van der Waals surface area contributed by atoms with Crippen LogP contribution in [0.1, 0.15) is 18.9 Å². The van der Waals surface area contributed by atoms with Gasteiger partial charge in [0.25, 0.3) is 0 Å². The van der Waals surface area contributed by atoms with E-state index in [2.05, 4.69) is 10.6 Å². The van der Waals surface area contributed by atoms with Gasteiger partial charge in [-0.3, -0.25) is 0 Å². The molecule has 2 atom stereocenters. The summed E-state index contributed by atoms with van der Waals surface area (Å²) in [7, 11) is 0. The Kier molecular flexibility index (Phi) is 7.68. The van der Waals surface area contributed by atoms with Crippen LogP contribution in [0.5, 0.6) is 0 Å². The van der Waals surface area contributed by atoms with Crippen LogP contribution in [0.2, 0.25) is 0 Å². The lowest BCUT2D eigenvalue weighted by Gasteiger charge is -2.18. The molecule has 0 aliphatic rings. The number of benzene rings is 1. The van der Waals surface area contributed by atoms with Crippen molar-refractivity contribution in [2.45, 2.75) is 31.8 Å². The van der Waals surface area contributed by atoms with Crippen LogP contribution >= 0.6 is 11.8 Å². The van der Waals surface area contributed by atoms with E-state index in [9.17, 15) is 14.7 Å². The van der Waals surface area contributed by atoms with Crippen molar-refractivity contribution in [1.29, 1.82) is 0 Å². The third-order valence-electron chi connectivity index (χ3n) is 3.02. The fourth-order valence-electron chi connectivity index (χ4n) is 1.84. The van der Waals surface area contributed by atoms with Crippen molar-refractivity contribution in [2.24, 2.45) is 0 Å². The van der Waals surface area contributed by atoms with E-state index in [0.29, 0.717) is 0 Å². The van der Waals surface area contributed by atoms with Crippen LogP contribution in [0.25, 0.3) is 0 Å². The summed E-state index contributed by atoms with van der Waals surface area (Å²) in [4.78, 5) is 23.1. The normalized spacial score (nSPS) is 13.2. The number of carboxylic acid groups (broad SMARTS) is 1. The van der Waals surface area contributed by atoms with Crippen molar-refractivity contribution in [3.63, 3.8) is 0 Å². The predicted octanol–water partition coefficient (Wildman–Crippen LogP) is 2.12. The molecule has 0 heterocycles. The van der Waals surface area contributed by atoms with Gasteiger partial charge in [-0.25, -0.2) is 9.59 Å². The minimum Gasteiger partial charge on any atom is -0.480 e. The molecule has 0 fully saturated rings. The van der Waals surface area contributed by atoms with Gasteiger partial charge in [-0.2, -0.15) is 11.8 Å². The third kappa shape index (κ3) is 7.04. The quantitative estimate of drug-likeness (QED) is 0.687. The van der Waals surface area contributed by atoms with Crippen molar-refractivity contribution >= 4 is 23.8 Å². The largest absolute Gasteiger partial charge is 0.480 e. The Hall–Kier alpha value is -1.69. The van der Waals surface area contributed by atoms with Crippen molar-refractivity contribution in [3.8, 4) is 0 Å². The van der Waals surface area contributed by atoms with Crippen LogP contribution in [0, 0.1) is 0 Å². The highest BCUT2D eigenvalue weighted by Gasteiger charge is 2.20. The molecule has 3 N–H and O–H groups in total. The zero-order valence-corrected chi connectivity index (χ0v) is 13.2. The van der Waals surface area contributed by atoms with Gasteiger partial charge in [0.2, 0.25) is 0 Å². The lowest BCUT2D eigenvalue weighted by Crippen LogP contribution is -2.49. The number of carbonyl (C=O) groups is 2. The van der Waals surface area contributed by atoms with Gasteiger partial charge in [0.15, 0.2) is 0 Å². The van der Waals surface area contributed by atoms with Gasteiger partial charge in [-0.15, -0.1) is 0 Å². The number of urea groups is 1. The number of aliphatic carboxylic acids is 1. The number of carbonyl (C=O) groups excluding carboxylic acids is 1. The lowest BCUT2D eigenvalue weighted by atomic mass is 10.1. The summed E-state index contributed by atoms with van der Waals surface area (Å²) in [6.45, 7) is 1.91. The average Bonchev–Trinajstić information content (AvgIpc) is 2.45. The Morgan fingerprint density at radius 2 is 1.90 bits per heavy atom. The molecule has 21 heavy (non-hydrogen) atoms. The monoisotopic (exact) mass is 310 g/mol. The van der Waals surface area contributed by atoms with E-state index in [1.807, 2.05) is 43.5 Å². The number of hydrogen-bond donors (Lipinski definition) is 3. The fourth-order valence-corrected chi connectivity index (χ4v) is 2.43. The van der Waals surface area contributed by atoms with E-state index in [-0.39, 0.29) is 12.5 Å². The Labute approximate surface area is 129 Å². The summed E-state index contributed by atoms with van der Waals surface area (Å²) in [5, 5.41) is 14.5. The number of hydrogen-bond acceptors (Lipinski definition) is 3. The molecule has 0 spiro atoms. The Morgan fingerprint density at radius 3 is 2.48 bits per heavy atom. The summed E-state index contributed by atoms with van der Waals surface area (Å²) in [5.41, 5.74) is 0.876. The summed E-state index contributed by atoms with van der Waals surface area (Å²) in [5.74, 6) is -0.0841. The first kappa shape index (κ1) is 17.4. The van der Waals surface area contributed by atoms with E-state index in [0.717, 1.165) is 17.7 Å². The number of amides is 2. The van der Waals surface area contributed by atoms with Gasteiger partial charge in [-0.1, -0.05) is 30.3 Å². The van der Waals surface area contributed by atoms with E-state index in [4.69, 9.17) is 0 Å². The second-order valence-corrected chi connectivity index (χ2v) is 5.87. The predicted molar refractivity (Wildman–Crippen MR) is 85.7 cm³/mol. The number of carboxylic acids is 1. The highest BCUT2D eigenvalue weighted by molar-refractivity contribution is 7.98. The van der Waals surface area contributed by atoms with Crippen LogP contribution in [0.4, 0.5) is 4.79 Å². The van der Waals surface area contributed by atoms with Crippen molar-refractivity contribution < 1.29 is 14.7 Å². The molecule has 1 aromatic rings. The molecule has 2 amide bonds. The first-order valence-electron chi connectivity index (χ1n) is 6.85. The van der Waals surface area contributed by atoms with Gasteiger partial charge < -0.3 is 15.7 Å². The summed E-state index contributed by atoms with van der Waals surface area (Å²) >= 11 is 1.71. The van der Waals surface area contributed by atoms with Crippen LogP contribution in [-0.2, 0) is 11.2 Å². The first-order valence-corrected chi connectivity index (χ1v) is 8.25. The minimum atomic E-state index is -1.04. The zero-order valence-electron chi connectivity index (χ0n) is 12.3. The molecule has 5 nitrogen and oxygen atoms in total. The van der Waals surface area contributed by atoms with Crippen molar-refractivity contribution in [2.75, 3.05) is 12.0 Å². The van der Waals surface area contributed by atoms with Crippen molar-refractivity contribution in [1.82, 2.24) is 10.6 Å². The molecule has 1 unspecified atom stereocenters. The fraction of sp³-hybridized carbons (Fsp3) is 0.467. The molecule has 1 rings (SSSR count). The maximum atomic E-state index is 11.8. The van der Waals surface area contributed by atoms with E-state index in [1.54, 1.807) is 11.8 Å². The van der Waals surface area contributed by atoms with E-state index >= 15 is 0 Å². The van der Waals surface area contributed by atoms with Crippen LogP contribution in [-0.4, -0.2) is 41.2 Å². The Balaban J connectivity index is 2.50. The van der Waals surface area contributed by atoms with Gasteiger partial charge >= 0.3 is 12.0 Å². The van der Waals surface area contributed by atoms with Gasteiger partial charge in [0.1, 0.15) is 6.04 Å². The highest BCUT2D eigenvalue weighted by Crippen LogP contribution is 2.04. The number of nitrogens with one attached hydrogen (secondary N) is 2. The van der Waals surface area contributed by atoms with Gasteiger partial charge in [-0.05, 0) is 30.9 Å². The molecule has 0 aliphatic carbocycles. The van der Waals surface area contributed by atoms with E-state index < -0.39 is 18.0 Å². The maximum absolute atomic E-state index is 11.8. The topological polar surface area (TPSA) is 78.4 Å². The molecule has 0 radical (unpaired) electrons. The van der Waals surface area contributed by atoms with Crippen molar-refractivity contribution in [3.05, 3.63) is 35.9 Å². The molecular weight excluding hydrogens is 288 g/mol. The Morgan fingerprint density at radius 1 is 1.24 bits per heavy atom. The molecule has 116 valence electrons. The third-order valence-corrected chi connectivity index (χ3v) is 3.66. The molecule has 0 aromatic heterocycles. The van der Waals surface area contributed by atoms with Crippen LogP contribution in [0.15, 0.2) is 30.3 Å². The molecule has 1 aromatic carbocycles. The smallest absolute Gasteiger partial charge is 0.326 e. The summed E-state index contributed by atoms with van der Waals surface area (Å²) < 4.78 is 0. The molecule has 0 bridgehead atoms. The van der Waals surface area contributed by atoms with Gasteiger partial charge in [0, 0.05) is 12.5 Å². The van der Waals surface area contributed by atoms with Crippen LogP contribution < -0.4 is 10.6 Å². The van der Waals surface area contributed by atoms with Crippen LogP contribution in [0.3, 0.4) is 0 Å². The standard InChI is InChI=1S/C15H22N2O3S/c1-11(8-9-21-2)16-15(20)17-13(14(18)19)10-12-6-4-3-5-7-12/h3-7,11,13H,8-10H2,1-2H3,(H,18,19)(H2,16,17,20)/t11?,13-/m1/s1. The summed E-state index contributed by atoms with van der Waals surface area (Å²) in [6, 6.07) is 7.90. The average molecular weight is 310 g/mol. The molecular formula is C15H22N2O3S. The highest BCUT2D eigenvalue weighted by atomic mass is 32.2. The SMILES string of the molecule is CSCCC(C)NC(=O)N[C@H](Cc1ccccc1)C(=O)O. The lowest BCUT2D eigenvalue weighted by molar-refractivity contribution is -0.139. The Bertz CT molecular complexity index is 453.